The van der Waals surface area contributed by atoms with Crippen LogP contribution in [0.3, 0.4) is 0 Å². The Kier molecular flexibility index (Phi) is 4.53. The fourth-order valence-corrected chi connectivity index (χ4v) is 3.48. The molecule has 1 aromatic carbocycles. The number of anilines is 1. The van der Waals surface area contributed by atoms with E-state index in [2.05, 4.69) is 40.4 Å². The van der Waals surface area contributed by atoms with Gasteiger partial charge in [-0.3, -0.25) is 9.29 Å². The Balaban J connectivity index is 1.87. The van der Waals surface area contributed by atoms with Gasteiger partial charge in [0.25, 0.3) is 10.0 Å². The molecule has 0 aliphatic rings. The van der Waals surface area contributed by atoms with Crippen molar-refractivity contribution >= 4 is 15.8 Å². The Morgan fingerprint density at radius 3 is 2.31 bits per heavy atom. The van der Waals surface area contributed by atoms with Gasteiger partial charge in [-0.15, -0.1) is 0 Å². The zero-order valence-corrected chi connectivity index (χ0v) is 15.9. The lowest BCUT2D eigenvalue weighted by Gasteiger charge is -2.19. The maximum atomic E-state index is 12.6. The highest BCUT2D eigenvalue weighted by atomic mass is 32.2. The van der Waals surface area contributed by atoms with Crippen molar-refractivity contribution in [1.82, 2.24) is 19.5 Å². The maximum absolute atomic E-state index is 12.6. The van der Waals surface area contributed by atoms with Crippen LogP contribution >= 0.6 is 0 Å². The summed E-state index contributed by atoms with van der Waals surface area (Å²) in [5, 5.41) is 0. The molecule has 0 radical (unpaired) electrons. The monoisotopic (exact) mass is 371 g/mol. The van der Waals surface area contributed by atoms with Gasteiger partial charge >= 0.3 is 0 Å². The van der Waals surface area contributed by atoms with Crippen LogP contribution in [0.5, 0.6) is 0 Å². The van der Waals surface area contributed by atoms with Crippen LogP contribution in [-0.4, -0.2) is 27.9 Å². The van der Waals surface area contributed by atoms with Crippen LogP contribution in [0.1, 0.15) is 32.2 Å². The third-order valence-electron chi connectivity index (χ3n) is 3.99. The molecule has 2 aromatic heterocycles. The fourth-order valence-electron chi connectivity index (χ4n) is 2.49. The standard InChI is InChI=1S/C18H21N5O2S/c1-13-19-9-10-23(13)17-11-16(20-12-21-17)22-26(24,25)15-7-5-14(6-8-15)18(2,3)4/h5-12H,1-4H3,(H,20,21,22). The summed E-state index contributed by atoms with van der Waals surface area (Å²) in [5.41, 5.74) is 1.02. The van der Waals surface area contributed by atoms with Crippen molar-refractivity contribution in [3.8, 4) is 5.82 Å². The van der Waals surface area contributed by atoms with Crippen molar-refractivity contribution < 1.29 is 8.42 Å². The second-order valence-electron chi connectivity index (χ2n) is 6.99. The molecule has 0 amide bonds. The van der Waals surface area contributed by atoms with E-state index in [1.54, 1.807) is 35.2 Å². The van der Waals surface area contributed by atoms with E-state index in [0.29, 0.717) is 5.82 Å². The summed E-state index contributed by atoms with van der Waals surface area (Å²) in [6, 6.07) is 8.43. The third kappa shape index (κ3) is 3.75. The summed E-state index contributed by atoms with van der Waals surface area (Å²) in [6.45, 7) is 8.07. The molecule has 0 aliphatic carbocycles. The van der Waals surface area contributed by atoms with Gasteiger partial charge in [0, 0.05) is 18.5 Å². The first-order valence-corrected chi connectivity index (χ1v) is 9.61. The average Bonchev–Trinajstić information content (AvgIpc) is 3.00. The molecule has 136 valence electrons. The molecule has 7 nitrogen and oxygen atoms in total. The highest BCUT2D eigenvalue weighted by Gasteiger charge is 2.18. The van der Waals surface area contributed by atoms with Gasteiger partial charge in [0.05, 0.1) is 4.90 Å². The molecular formula is C18H21N5O2S. The van der Waals surface area contributed by atoms with Gasteiger partial charge in [-0.05, 0) is 30.0 Å². The van der Waals surface area contributed by atoms with Crippen LogP contribution in [0, 0.1) is 6.92 Å². The summed E-state index contributed by atoms with van der Waals surface area (Å²) in [4.78, 5) is 12.5. The molecule has 2 heterocycles. The van der Waals surface area contributed by atoms with E-state index in [9.17, 15) is 8.42 Å². The molecular weight excluding hydrogens is 350 g/mol. The summed E-state index contributed by atoms with van der Waals surface area (Å²) < 4.78 is 29.5. The largest absolute Gasteiger partial charge is 0.288 e. The Morgan fingerprint density at radius 1 is 1.04 bits per heavy atom. The predicted octanol–water partition coefficient (Wildman–Crippen LogP) is 3.07. The van der Waals surface area contributed by atoms with Crippen molar-refractivity contribution in [2.75, 3.05) is 4.72 Å². The minimum absolute atomic E-state index is 0.0417. The van der Waals surface area contributed by atoms with Crippen LogP contribution in [0.4, 0.5) is 5.82 Å². The molecule has 0 spiro atoms. The zero-order chi connectivity index (χ0) is 18.9. The third-order valence-corrected chi connectivity index (χ3v) is 5.37. The molecule has 0 saturated heterocycles. The van der Waals surface area contributed by atoms with Crippen molar-refractivity contribution in [1.29, 1.82) is 0 Å². The van der Waals surface area contributed by atoms with Gasteiger partial charge < -0.3 is 0 Å². The number of nitrogens with one attached hydrogen (secondary N) is 1. The van der Waals surface area contributed by atoms with E-state index in [4.69, 9.17) is 0 Å². The predicted molar refractivity (Wildman–Crippen MR) is 99.8 cm³/mol. The van der Waals surface area contributed by atoms with E-state index in [0.717, 1.165) is 11.4 Å². The molecule has 1 N–H and O–H groups in total. The highest BCUT2D eigenvalue weighted by Crippen LogP contribution is 2.24. The molecule has 0 unspecified atom stereocenters. The van der Waals surface area contributed by atoms with E-state index in [1.165, 1.54) is 6.33 Å². The molecule has 0 atom stereocenters. The van der Waals surface area contributed by atoms with Gasteiger partial charge in [-0.25, -0.2) is 23.4 Å². The second kappa shape index (κ2) is 6.53. The number of imidazole rings is 1. The minimum Gasteiger partial charge on any atom is -0.288 e. The summed E-state index contributed by atoms with van der Waals surface area (Å²) >= 11 is 0. The lowest BCUT2D eigenvalue weighted by molar-refractivity contribution is 0.587. The molecule has 0 saturated carbocycles. The maximum Gasteiger partial charge on any atom is 0.263 e. The van der Waals surface area contributed by atoms with Gasteiger partial charge in [-0.2, -0.15) is 0 Å². The molecule has 0 bridgehead atoms. The Labute approximate surface area is 153 Å². The second-order valence-corrected chi connectivity index (χ2v) is 8.67. The summed E-state index contributed by atoms with van der Waals surface area (Å²) in [6.07, 6.45) is 4.72. The van der Waals surface area contributed by atoms with Crippen molar-refractivity contribution in [3.63, 3.8) is 0 Å². The zero-order valence-electron chi connectivity index (χ0n) is 15.1. The Hall–Kier alpha value is -2.74. The number of benzene rings is 1. The highest BCUT2D eigenvalue weighted by molar-refractivity contribution is 7.92. The normalized spacial score (nSPS) is 12.2. The van der Waals surface area contributed by atoms with Gasteiger partial charge in [0.1, 0.15) is 23.8 Å². The number of rotatable bonds is 4. The average molecular weight is 371 g/mol. The molecule has 3 rings (SSSR count). The lowest BCUT2D eigenvalue weighted by atomic mass is 9.87. The number of hydrogen-bond acceptors (Lipinski definition) is 5. The Bertz CT molecular complexity index is 1020. The van der Waals surface area contributed by atoms with Crippen LogP contribution in [0.2, 0.25) is 0 Å². The first kappa shape index (κ1) is 18.1. The fraction of sp³-hybridized carbons (Fsp3) is 0.278. The molecule has 0 fully saturated rings. The van der Waals surface area contributed by atoms with E-state index in [-0.39, 0.29) is 16.1 Å². The van der Waals surface area contributed by atoms with Crippen LogP contribution in [0.25, 0.3) is 5.82 Å². The lowest BCUT2D eigenvalue weighted by Crippen LogP contribution is -2.16. The van der Waals surface area contributed by atoms with Gasteiger partial charge in [-0.1, -0.05) is 32.9 Å². The molecule has 8 heteroatoms. The minimum atomic E-state index is -3.74. The smallest absolute Gasteiger partial charge is 0.263 e. The van der Waals surface area contributed by atoms with E-state index < -0.39 is 10.0 Å². The number of sulfonamides is 1. The van der Waals surface area contributed by atoms with E-state index in [1.807, 2.05) is 19.1 Å². The number of aryl methyl sites for hydroxylation is 1. The quantitative estimate of drug-likeness (QED) is 0.761. The van der Waals surface area contributed by atoms with Crippen molar-refractivity contribution in [2.24, 2.45) is 0 Å². The summed E-state index contributed by atoms with van der Waals surface area (Å²) in [5.74, 6) is 1.48. The number of aromatic nitrogens is 4. The van der Waals surface area contributed by atoms with Crippen LogP contribution < -0.4 is 4.72 Å². The Morgan fingerprint density at radius 2 is 1.73 bits per heavy atom. The van der Waals surface area contributed by atoms with E-state index >= 15 is 0 Å². The SMILES string of the molecule is Cc1nccn1-c1cc(NS(=O)(=O)c2ccc(C(C)(C)C)cc2)ncn1. The summed E-state index contributed by atoms with van der Waals surface area (Å²) in [7, 11) is -3.74. The van der Waals surface area contributed by atoms with Gasteiger partial charge in [0.2, 0.25) is 0 Å². The molecule has 3 aromatic rings. The topological polar surface area (TPSA) is 89.8 Å². The van der Waals surface area contributed by atoms with Crippen LogP contribution in [0.15, 0.2) is 53.9 Å². The van der Waals surface area contributed by atoms with Crippen LogP contribution in [-0.2, 0) is 15.4 Å². The molecule has 26 heavy (non-hydrogen) atoms. The number of hydrogen-bond donors (Lipinski definition) is 1. The van der Waals surface area contributed by atoms with Crippen molar-refractivity contribution in [3.05, 3.63) is 60.4 Å². The van der Waals surface area contributed by atoms with Crippen molar-refractivity contribution in [2.45, 2.75) is 38.0 Å². The number of nitrogens with zero attached hydrogens (tertiary/aromatic N) is 4. The van der Waals surface area contributed by atoms with Gasteiger partial charge in [0.15, 0.2) is 0 Å². The molecule has 0 aliphatic heterocycles. The first-order valence-electron chi connectivity index (χ1n) is 8.12. The first-order chi connectivity index (χ1) is 12.2.